The maximum Gasteiger partial charge on any atom is 0.0409 e. The number of benzene rings is 1. The van der Waals surface area contributed by atoms with Gasteiger partial charge in [-0.05, 0) is 43.4 Å². The number of nitrogens with one attached hydrogen (secondary N) is 1. The summed E-state index contributed by atoms with van der Waals surface area (Å²) in [6.07, 6.45) is 8.35. The molecular formula is C19H31NS. The lowest BCUT2D eigenvalue weighted by molar-refractivity contribution is 0.514. The van der Waals surface area contributed by atoms with Crippen molar-refractivity contribution in [1.82, 2.24) is 5.32 Å². The molecule has 21 heavy (non-hydrogen) atoms. The zero-order chi connectivity index (χ0) is 15.1. The molecule has 1 N–H and O–H groups in total. The topological polar surface area (TPSA) is 12.0 Å². The Kier molecular flexibility index (Phi) is 7.12. The molecular weight excluding hydrogens is 274 g/mol. The molecule has 0 heterocycles. The van der Waals surface area contributed by atoms with Gasteiger partial charge in [-0.3, -0.25) is 0 Å². The standard InChI is InChI=1S/C19H31NS/c1-15(2)12-16-8-7-9-17(13-16)19(20-3)14-21-18-10-5-4-6-11-18/h7-9,13,15,18-20H,4-6,10-12,14H2,1-3H3. The third-order valence-electron chi connectivity index (χ3n) is 4.40. The quantitative estimate of drug-likeness (QED) is 0.742. The number of rotatable bonds is 7. The van der Waals surface area contributed by atoms with E-state index in [4.69, 9.17) is 0 Å². The average Bonchev–Trinajstić information content (AvgIpc) is 2.49. The Hall–Kier alpha value is -0.470. The van der Waals surface area contributed by atoms with Crippen LogP contribution < -0.4 is 5.32 Å². The van der Waals surface area contributed by atoms with E-state index >= 15 is 0 Å². The molecule has 0 saturated heterocycles. The number of hydrogen-bond acceptors (Lipinski definition) is 2. The predicted octanol–water partition coefficient (Wildman–Crippen LogP) is 5.21. The first-order chi connectivity index (χ1) is 10.2. The maximum absolute atomic E-state index is 3.52. The van der Waals surface area contributed by atoms with Crippen molar-refractivity contribution >= 4 is 11.8 Å². The molecule has 1 atom stereocenters. The third kappa shape index (κ3) is 5.67. The minimum Gasteiger partial charge on any atom is -0.312 e. The molecule has 1 aromatic carbocycles. The van der Waals surface area contributed by atoms with Gasteiger partial charge in [-0.15, -0.1) is 0 Å². The molecule has 1 unspecified atom stereocenters. The van der Waals surface area contributed by atoms with Gasteiger partial charge in [0.25, 0.3) is 0 Å². The van der Waals surface area contributed by atoms with Crippen molar-refractivity contribution in [3.8, 4) is 0 Å². The molecule has 0 aromatic heterocycles. The van der Waals surface area contributed by atoms with Crippen molar-refractivity contribution in [3.05, 3.63) is 35.4 Å². The SMILES string of the molecule is CNC(CSC1CCCCC1)c1cccc(CC(C)C)c1. The Balaban J connectivity index is 1.92. The van der Waals surface area contributed by atoms with Gasteiger partial charge in [0.1, 0.15) is 0 Å². The molecule has 0 aliphatic heterocycles. The monoisotopic (exact) mass is 305 g/mol. The lowest BCUT2D eigenvalue weighted by Crippen LogP contribution is -2.21. The summed E-state index contributed by atoms with van der Waals surface area (Å²) in [5, 5.41) is 4.41. The maximum atomic E-state index is 3.52. The minimum atomic E-state index is 0.490. The smallest absolute Gasteiger partial charge is 0.0409 e. The number of thioether (sulfide) groups is 1. The summed E-state index contributed by atoms with van der Waals surface area (Å²) < 4.78 is 0. The third-order valence-corrected chi connectivity index (χ3v) is 5.87. The fraction of sp³-hybridized carbons (Fsp3) is 0.684. The van der Waals surface area contributed by atoms with Crippen LogP contribution in [0.15, 0.2) is 24.3 Å². The van der Waals surface area contributed by atoms with E-state index < -0.39 is 0 Å². The molecule has 0 radical (unpaired) electrons. The van der Waals surface area contributed by atoms with E-state index in [0.717, 1.165) is 11.2 Å². The second-order valence-electron chi connectivity index (χ2n) is 6.78. The number of hydrogen-bond donors (Lipinski definition) is 1. The Morgan fingerprint density at radius 2 is 1.95 bits per heavy atom. The fourth-order valence-electron chi connectivity index (χ4n) is 3.22. The van der Waals surface area contributed by atoms with Gasteiger partial charge in [-0.25, -0.2) is 0 Å². The Morgan fingerprint density at radius 1 is 1.19 bits per heavy atom. The second-order valence-corrected chi connectivity index (χ2v) is 8.11. The van der Waals surface area contributed by atoms with Gasteiger partial charge >= 0.3 is 0 Å². The Morgan fingerprint density at radius 3 is 2.62 bits per heavy atom. The van der Waals surface area contributed by atoms with E-state index in [1.165, 1.54) is 55.4 Å². The Bertz CT molecular complexity index is 410. The lowest BCUT2D eigenvalue weighted by Gasteiger charge is -2.24. The van der Waals surface area contributed by atoms with Gasteiger partial charge in [-0.1, -0.05) is 57.4 Å². The highest BCUT2D eigenvalue weighted by Gasteiger charge is 2.17. The summed E-state index contributed by atoms with van der Waals surface area (Å²) in [5.41, 5.74) is 2.93. The van der Waals surface area contributed by atoms with Crippen LogP contribution in [-0.2, 0) is 6.42 Å². The van der Waals surface area contributed by atoms with E-state index in [2.05, 4.69) is 62.2 Å². The van der Waals surface area contributed by atoms with Crippen LogP contribution in [0.25, 0.3) is 0 Å². The summed E-state index contributed by atoms with van der Waals surface area (Å²) in [4.78, 5) is 0. The van der Waals surface area contributed by atoms with Crippen molar-refractivity contribution in [1.29, 1.82) is 0 Å². The molecule has 118 valence electrons. The minimum absolute atomic E-state index is 0.490. The van der Waals surface area contributed by atoms with Gasteiger partial charge < -0.3 is 5.32 Å². The lowest BCUT2D eigenvalue weighted by atomic mass is 9.99. The van der Waals surface area contributed by atoms with Crippen molar-refractivity contribution < 1.29 is 0 Å². The normalized spacial score (nSPS) is 18.1. The predicted molar refractivity (Wildman–Crippen MR) is 96.1 cm³/mol. The van der Waals surface area contributed by atoms with Crippen LogP contribution in [0.2, 0.25) is 0 Å². The van der Waals surface area contributed by atoms with Gasteiger partial charge in [0.05, 0.1) is 0 Å². The van der Waals surface area contributed by atoms with E-state index in [1.54, 1.807) is 0 Å². The summed E-state index contributed by atoms with van der Waals surface area (Å²) in [7, 11) is 2.10. The fourth-order valence-corrected chi connectivity index (χ4v) is 4.71. The highest BCUT2D eigenvalue weighted by molar-refractivity contribution is 7.99. The van der Waals surface area contributed by atoms with Crippen LogP contribution in [0, 0.1) is 5.92 Å². The summed E-state index contributed by atoms with van der Waals surface area (Å²) in [5.74, 6) is 1.93. The van der Waals surface area contributed by atoms with Crippen LogP contribution in [0.1, 0.15) is 63.1 Å². The van der Waals surface area contributed by atoms with E-state index in [9.17, 15) is 0 Å². The molecule has 1 aliphatic carbocycles. The molecule has 1 saturated carbocycles. The van der Waals surface area contributed by atoms with Crippen LogP contribution in [0.4, 0.5) is 0 Å². The van der Waals surface area contributed by atoms with Crippen LogP contribution in [-0.4, -0.2) is 18.1 Å². The second kappa shape index (κ2) is 8.85. The van der Waals surface area contributed by atoms with E-state index in [-0.39, 0.29) is 0 Å². The highest BCUT2D eigenvalue weighted by atomic mass is 32.2. The Labute approximate surface area is 135 Å². The molecule has 0 bridgehead atoms. The van der Waals surface area contributed by atoms with Crippen LogP contribution in [0.5, 0.6) is 0 Å². The van der Waals surface area contributed by atoms with E-state index in [1.807, 2.05) is 0 Å². The first-order valence-corrected chi connectivity index (χ1v) is 9.61. The highest BCUT2D eigenvalue weighted by Crippen LogP contribution is 2.31. The molecule has 1 fully saturated rings. The first kappa shape index (κ1) is 16.9. The zero-order valence-corrected chi connectivity index (χ0v) is 14.7. The molecule has 0 spiro atoms. The van der Waals surface area contributed by atoms with Crippen LogP contribution in [0.3, 0.4) is 0 Å². The van der Waals surface area contributed by atoms with Crippen molar-refractivity contribution in [3.63, 3.8) is 0 Å². The van der Waals surface area contributed by atoms with Gasteiger partial charge in [0, 0.05) is 17.0 Å². The van der Waals surface area contributed by atoms with Crippen molar-refractivity contribution in [2.45, 2.75) is 63.7 Å². The molecule has 2 rings (SSSR count). The zero-order valence-electron chi connectivity index (χ0n) is 13.9. The summed E-state index contributed by atoms with van der Waals surface area (Å²) in [6.45, 7) is 4.59. The van der Waals surface area contributed by atoms with Gasteiger partial charge in [0.15, 0.2) is 0 Å². The summed E-state index contributed by atoms with van der Waals surface area (Å²) in [6, 6.07) is 9.67. The summed E-state index contributed by atoms with van der Waals surface area (Å²) >= 11 is 2.18. The van der Waals surface area contributed by atoms with Crippen LogP contribution >= 0.6 is 11.8 Å². The van der Waals surface area contributed by atoms with Crippen molar-refractivity contribution in [2.24, 2.45) is 5.92 Å². The van der Waals surface area contributed by atoms with E-state index in [0.29, 0.717) is 6.04 Å². The molecule has 2 heteroatoms. The largest absolute Gasteiger partial charge is 0.312 e. The van der Waals surface area contributed by atoms with Gasteiger partial charge in [-0.2, -0.15) is 11.8 Å². The van der Waals surface area contributed by atoms with Crippen molar-refractivity contribution in [2.75, 3.05) is 12.8 Å². The molecule has 1 aliphatic rings. The van der Waals surface area contributed by atoms with Gasteiger partial charge in [0.2, 0.25) is 0 Å². The molecule has 0 amide bonds. The average molecular weight is 306 g/mol. The molecule has 1 nitrogen and oxygen atoms in total. The molecule has 1 aromatic rings. The first-order valence-electron chi connectivity index (χ1n) is 8.56.